The van der Waals surface area contributed by atoms with Gasteiger partial charge in [-0.1, -0.05) is 43.7 Å². The van der Waals surface area contributed by atoms with Crippen molar-refractivity contribution in [2.24, 2.45) is 0 Å². The standard InChI is InChI=1S/C15H23N3O2/c1-3-4-10-16-15(20)18-14(19)11-17-12(2)13-8-6-5-7-9-13/h5-9,12,17H,3-4,10-11H2,1-2H3,(H2,16,18,19,20)/t12-/m0/s1. The molecular weight excluding hydrogens is 254 g/mol. The van der Waals surface area contributed by atoms with Crippen molar-refractivity contribution in [2.45, 2.75) is 32.7 Å². The van der Waals surface area contributed by atoms with Crippen molar-refractivity contribution in [3.8, 4) is 0 Å². The summed E-state index contributed by atoms with van der Waals surface area (Å²) in [4.78, 5) is 23.0. The fourth-order valence-corrected chi connectivity index (χ4v) is 1.70. The Labute approximate surface area is 120 Å². The molecule has 1 atom stereocenters. The molecule has 0 heterocycles. The lowest BCUT2D eigenvalue weighted by molar-refractivity contribution is -0.119. The first-order valence-electron chi connectivity index (χ1n) is 6.99. The van der Waals surface area contributed by atoms with E-state index in [0.29, 0.717) is 6.54 Å². The van der Waals surface area contributed by atoms with Gasteiger partial charge >= 0.3 is 6.03 Å². The number of amides is 3. The van der Waals surface area contributed by atoms with Crippen LogP contribution in [-0.2, 0) is 4.79 Å². The van der Waals surface area contributed by atoms with E-state index in [-0.39, 0.29) is 18.5 Å². The maximum Gasteiger partial charge on any atom is 0.321 e. The number of unbranched alkanes of at least 4 members (excludes halogenated alkanes) is 1. The van der Waals surface area contributed by atoms with Crippen molar-refractivity contribution >= 4 is 11.9 Å². The minimum absolute atomic E-state index is 0.0603. The molecule has 0 radical (unpaired) electrons. The van der Waals surface area contributed by atoms with Crippen molar-refractivity contribution in [3.63, 3.8) is 0 Å². The van der Waals surface area contributed by atoms with E-state index >= 15 is 0 Å². The number of urea groups is 1. The van der Waals surface area contributed by atoms with E-state index < -0.39 is 6.03 Å². The molecule has 3 N–H and O–H groups in total. The molecule has 3 amide bonds. The molecule has 5 heteroatoms. The number of hydrogen-bond acceptors (Lipinski definition) is 3. The summed E-state index contributed by atoms with van der Waals surface area (Å²) >= 11 is 0. The minimum Gasteiger partial charge on any atom is -0.338 e. The molecule has 0 aliphatic carbocycles. The molecule has 1 aromatic rings. The molecule has 0 fully saturated rings. The SMILES string of the molecule is CCCCNC(=O)NC(=O)CN[C@@H](C)c1ccccc1. The highest BCUT2D eigenvalue weighted by molar-refractivity contribution is 5.95. The van der Waals surface area contributed by atoms with Crippen LogP contribution in [-0.4, -0.2) is 25.0 Å². The van der Waals surface area contributed by atoms with E-state index in [1.807, 2.05) is 44.2 Å². The number of carbonyl (C=O) groups is 2. The highest BCUT2D eigenvalue weighted by Crippen LogP contribution is 2.10. The number of carbonyl (C=O) groups excluding carboxylic acids is 2. The summed E-state index contributed by atoms with van der Waals surface area (Å²) < 4.78 is 0. The topological polar surface area (TPSA) is 70.2 Å². The quantitative estimate of drug-likeness (QED) is 0.667. The van der Waals surface area contributed by atoms with Crippen molar-refractivity contribution in [1.82, 2.24) is 16.0 Å². The van der Waals surface area contributed by atoms with E-state index in [1.165, 1.54) is 0 Å². The molecular formula is C15H23N3O2. The first-order chi connectivity index (χ1) is 9.63. The number of rotatable bonds is 7. The average molecular weight is 277 g/mol. The first kappa shape index (κ1) is 16.2. The van der Waals surface area contributed by atoms with Gasteiger partial charge in [0.15, 0.2) is 0 Å². The Kier molecular flexibility index (Phi) is 7.35. The van der Waals surface area contributed by atoms with Gasteiger partial charge in [-0.25, -0.2) is 4.79 Å². The van der Waals surface area contributed by atoms with Crippen LogP contribution in [0.1, 0.15) is 38.3 Å². The highest BCUT2D eigenvalue weighted by Gasteiger charge is 2.09. The maximum absolute atomic E-state index is 11.6. The smallest absolute Gasteiger partial charge is 0.321 e. The molecule has 0 saturated carbocycles. The molecule has 5 nitrogen and oxygen atoms in total. The molecule has 110 valence electrons. The van der Waals surface area contributed by atoms with Gasteiger partial charge in [-0.05, 0) is 18.9 Å². The van der Waals surface area contributed by atoms with Crippen LogP contribution >= 0.6 is 0 Å². The average Bonchev–Trinajstić information content (AvgIpc) is 2.46. The van der Waals surface area contributed by atoms with Gasteiger partial charge in [-0.3, -0.25) is 10.1 Å². The van der Waals surface area contributed by atoms with Gasteiger partial charge in [0.2, 0.25) is 5.91 Å². The lowest BCUT2D eigenvalue weighted by atomic mass is 10.1. The van der Waals surface area contributed by atoms with Crippen molar-refractivity contribution in [2.75, 3.05) is 13.1 Å². The Bertz CT molecular complexity index is 420. The van der Waals surface area contributed by atoms with Crippen LogP contribution in [0.4, 0.5) is 4.79 Å². The van der Waals surface area contributed by atoms with E-state index in [4.69, 9.17) is 0 Å². The summed E-state index contributed by atoms with van der Waals surface area (Å²) in [5.41, 5.74) is 1.10. The van der Waals surface area contributed by atoms with E-state index in [2.05, 4.69) is 16.0 Å². The van der Waals surface area contributed by atoms with Crippen LogP contribution in [0, 0.1) is 0 Å². The summed E-state index contributed by atoms with van der Waals surface area (Å²) in [5.74, 6) is -0.332. The molecule has 20 heavy (non-hydrogen) atoms. The Morgan fingerprint density at radius 3 is 2.55 bits per heavy atom. The molecule has 0 saturated heterocycles. The molecule has 0 aliphatic heterocycles. The van der Waals surface area contributed by atoms with E-state index in [1.54, 1.807) is 0 Å². The van der Waals surface area contributed by atoms with Gasteiger partial charge in [0.25, 0.3) is 0 Å². The summed E-state index contributed by atoms with van der Waals surface area (Å²) in [6, 6.07) is 9.47. The number of imide groups is 1. The zero-order chi connectivity index (χ0) is 14.8. The number of benzene rings is 1. The van der Waals surface area contributed by atoms with Crippen LogP contribution in [0.2, 0.25) is 0 Å². The van der Waals surface area contributed by atoms with Crippen LogP contribution in [0.25, 0.3) is 0 Å². The molecule has 0 bridgehead atoms. The Hall–Kier alpha value is -1.88. The monoisotopic (exact) mass is 277 g/mol. The van der Waals surface area contributed by atoms with E-state index in [9.17, 15) is 9.59 Å². The second-order valence-corrected chi connectivity index (χ2v) is 4.67. The van der Waals surface area contributed by atoms with Crippen LogP contribution in [0.5, 0.6) is 0 Å². The zero-order valence-corrected chi connectivity index (χ0v) is 12.1. The van der Waals surface area contributed by atoms with Crippen LogP contribution < -0.4 is 16.0 Å². The van der Waals surface area contributed by atoms with Gasteiger partial charge in [0, 0.05) is 12.6 Å². The van der Waals surface area contributed by atoms with Crippen LogP contribution in [0.3, 0.4) is 0 Å². The summed E-state index contributed by atoms with van der Waals surface area (Å²) in [6.45, 7) is 4.71. The number of hydrogen-bond donors (Lipinski definition) is 3. The Morgan fingerprint density at radius 1 is 1.20 bits per heavy atom. The van der Waals surface area contributed by atoms with Crippen molar-refractivity contribution in [1.29, 1.82) is 0 Å². The van der Waals surface area contributed by atoms with Crippen molar-refractivity contribution < 1.29 is 9.59 Å². The molecule has 0 spiro atoms. The predicted molar refractivity (Wildman–Crippen MR) is 79.3 cm³/mol. The summed E-state index contributed by atoms with van der Waals surface area (Å²) in [6.07, 6.45) is 1.91. The lowest BCUT2D eigenvalue weighted by Crippen LogP contribution is -2.44. The molecule has 1 rings (SSSR count). The van der Waals surface area contributed by atoms with Gasteiger partial charge in [0.1, 0.15) is 0 Å². The Morgan fingerprint density at radius 2 is 1.90 bits per heavy atom. The molecule has 1 aromatic carbocycles. The van der Waals surface area contributed by atoms with Gasteiger partial charge in [0.05, 0.1) is 6.54 Å². The molecule has 0 aliphatic rings. The first-order valence-corrected chi connectivity index (χ1v) is 6.99. The zero-order valence-electron chi connectivity index (χ0n) is 12.1. The van der Waals surface area contributed by atoms with E-state index in [0.717, 1.165) is 18.4 Å². The predicted octanol–water partition coefficient (Wildman–Crippen LogP) is 1.96. The van der Waals surface area contributed by atoms with Gasteiger partial charge in [-0.15, -0.1) is 0 Å². The van der Waals surface area contributed by atoms with Crippen LogP contribution in [0.15, 0.2) is 30.3 Å². The molecule has 0 unspecified atom stereocenters. The third-order valence-electron chi connectivity index (χ3n) is 2.94. The lowest BCUT2D eigenvalue weighted by Gasteiger charge is -2.13. The summed E-state index contributed by atoms with van der Waals surface area (Å²) in [5, 5.41) is 8.01. The third-order valence-corrected chi connectivity index (χ3v) is 2.94. The summed E-state index contributed by atoms with van der Waals surface area (Å²) in [7, 11) is 0. The van der Waals surface area contributed by atoms with Crippen molar-refractivity contribution in [3.05, 3.63) is 35.9 Å². The Balaban J connectivity index is 2.24. The number of nitrogens with one attached hydrogen (secondary N) is 3. The second-order valence-electron chi connectivity index (χ2n) is 4.67. The fourth-order valence-electron chi connectivity index (χ4n) is 1.70. The maximum atomic E-state index is 11.6. The van der Waals surface area contributed by atoms with Gasteiger partial charge in [-0.2, -0.15) is 0 Å². The highest BCUT2D eigenvalue weighted by atomic mass is 16.2. The normalized spacial score (nSPS) is 11.7. The van der Waals surface area contributed by atoms with Gasteiger partial charge < -0.3 is 10.6 Å². The largest absolute Gasteiger partial charge is 0.338 e. The second kappa shape index (κ2) is 9.09. The minimum atomic E-state index is -0.433. The third kappa shape index (κ3) is 6.33. The fraction of sp³-hybridized carbons (Fsp3) is 0.467. The molecule has 0 aromatic heterocycles.